The van der Waals surface area contributed by atoms with Crippen molar-refractivity contribution in [3.63, 3.8) is 0 Å². The molecule has 106 valence electrons. The third-order valence-electron chi connectivity index (χ3n) is 3.69. The van der Waals surface area contributed by atoms with Gasteiger partial charge >= 0.3 is 0 Å². The van der Waals surface area contributed by atoms with Gasteiger partial charge in [-0.25, -0.2) is 0 Å². The molecule has 19 heavy (non-hydrogen) atoms. The molecule has 1 fully saturated rings. The van der Waals surface area contributed by atoms with Crippen LogP contribution in [0.1, 0.15) is 19.8 Å². The van der Waals surface area contributed by atoms with Crippen molar-refractivity contribution in [2.45, 2.75) is 31.6 Å². The van der Waals surface area contributed by atoms with Gasteiger partial charge in [-0.15, -0.1) is 0 Å². The van der Waals surface area contributed by atoms with Crippen LogP contribution in [-0.4, -0.2) is 37.4 Å². The van der Waals surface area contributed by atoms with Gasteiger partial charge in [-0.1, -0.05) is 23.2 Å². The summed E-state index contributed by atoms with van der Waals surface area (Å²) in [5.74, 6) is -0.0821. The number of methoxy groups -OCH3 is 1. The summed E-state index contributed by atoms with van der Waals surface area (Å²) >= 11 is 12.0. The molecule has 0 amide bonds. The Morgan fingerprint density at radius 3 is 2.37 bits per heavy atom. The zero-order valence-electron chi connectivity index (χ0n) is 11.5. The lowest BCUT2D eigenvalue weighted by Gasteiger charge is -2.37. The smallest absolute Gasteiger partial charge is 0.223 e. The third kappa shape index (κ3) is 3.34. The Hall–Kier alpha value is -0.480. The lowest BCUT2D eigenvalue weighted by molar-refractivity contribution is -0.185. The standard InChI is InChI=1S/C14H19Cl2NO2/c1-14(18-3,13-5-4-6-17(13)2)19-12-8-10(15)7-11(16)9-12/h7-9,13H,4-6H2,1-3H3. The molecule has 0 saturated carbocycles. The van der Waals surface area contributed by atoms with E-state index in [-0.39, 0.29) is 6.04 Å². The van der Waals surface area contributed by atoms with Crippen LogP contribution in [0, 0.1) is 0 Å². The van der Waals surface area contributed by atoms with Gasteiger partial charge in [-0.05, 0) is 44.6 Å². The molecule has 1 aromatic carbocycles. The maximum absolute atomic E-state index is 6.03. The predicted molar refractivity (Wildman–Crippen MR) is 78.2 cm³/mol. The van der Waals surface area contributed by atoms with E-state index in [1.165, 1.54) is 0 Å². The molecule has 2 rings (SSSR count). The molecule has 1 saturated heterocycles. The average molecular weight is 304 g/mol. The van der Waals surface area contributed by atoms with E-state index in [1.807, 2.05) is 6.92 Å². The Morgan fingerprint density at radius 2 is 1.89 bits per heavy atom. The second-order valence-corrected chi connectivity index (χ2v) is 5.94. The van der Waals surface area contributed by atoms with Crippen molar-refractivity contribution in [1.29, 1.82) is 0 Å². The first-order valence-corrected chi connectivity index (χ1v) is 7.11. The fourth-order valence-electron chi connectivity index (χ4n) is 2.64. The quantitative estimate of drug-likeness (QED) is 0.789. The third-order valence-corrected chi connectivity index (χ3v) is 4.12. The maximum atomic E-state index is 6.03. The summed E-state index contributed by atoms with van der Waals surface area (Å²) in [5, 5.41) is 1.11. The van der Waals surface area contributed by atoms with Crippen LogP contribution in [0.4, 0.5) is 0 Å². The Kier molecular flexibility index (Phi) is 4.62. The number of nitrogens with zero attached hydrogens (tertiary/aromatic N) is 1. The van der Waals surface area contributed by atoms with Gasteiger partial charge in [0.2, 0.25) is 5.79 Å². The molecule has 0 spiro atoms. The van der Waals surface area contributed by atoms with E-state index in [0.29, 0.717) is 15.8 Å². The molecule has 2 unspecified atom stereocenters. The predicted octanol–water partition coefficient (Wildman–Crippen LogP) is 3.83. The Morgan fingerprint density at radius 1 is 1.26 bits per heavy atom. The number of benzene rings is 1. The van der Waals surface area contributed by atoms with E-state index in [4.69, 9.17) is 32.7 Å². The van der Waals surface area contributed by atoms with Gasteiger partial charge in [-0.2, -0.15) is 0 Å². The lowest BCUT2D eigenvalue weighted by Crippen LogP contribution is -2.51. The van der Waals surface area contributed by atoms with E-state index in [9.17, 15) is 0 Å². The Labute approximate surface area is 124 Å². The molecule has 0 aromatic heterocycles. The van der Waals surface area contributed by atoms with E-state index >= 15 is 0 Å². The van der Waals surface area contributed by atoms with Crippen LogP contribution in [0.15, 0.2) is 18.2 Å². The van der Waals surface area contributed by atoms with Gasteiger partial charge in [0.1, 0.15) is 5.75 Å². The Bertz CT molecular complexity index is 435. The Balaban J connectivity index is 2.22. The van der Waals surface area contributed by atoms with Crippen LogP contribution in [0.3, 0.4) is 0 Å². The number of halogens is 2. The number of likely N-dealkylation sites (N-methyl/N-ethyl adjacent to an activating group) is 1. The number of ether oxygens (including phenoxy) is 2. The summed E-state index contributed by atoms with van der Waals surface area (Å²) in [6, 6.07) is 5.40. The SMILES string of the molecule is COC(C)(Oc1cc(Cl)cc(Cl)c1)C1CCCN1C. The molecular weight excluding hydrogens is 285 g/mol. The van der Waals surface area contributed by atoms with E-state index in [1.54, 1.807) is 25.3 Å². The minimum absolute atomic E-state index is 0.218. The summed E-state index contributed by atoms with van der Waals surface area (Å²) in [7, 11) is 3.75. The van der Waals surface area contributed by atoms with Crippen LogP contribution in [0.5, 0.6) is 5.75 Å². The molecule has 0 aliphatic carbocycles. The highest BCUT2D eigenvalue weighted by atomic mass is 35.5. The monoisotopic (exact) mass is 303 g/mol. The first kappa shape index (κ1) is 14.9. The fraction of sp³-hybridized carbons (Fsp3) is 0.571. The van der Waals surface area contributed by atoms with Crippen molar-refractivity contribution in [2.75, 3.05) is 20.7 Å². The molecule has 0 N–H and O–H groups in total. The molecule has 1 aromatic rings. The van der Waals surface area contributed by atoms with Crippen molar-refractivity contribution < 1.29 is 9.47 Å². The number of hydrogen-bond donors (Lipinski definition) is 0. The van der Waals surface area contributed by atoms with Crippen LogP contribution in [-0.2, 0) is 4.74 Å². The number of hydrogen-bond acceptors (Lipinski definition) is 3. The second-order valence-electron chi connectivity index (χ2n) is 5.07. The van der Waals surface area contributed by atoms with E-state index in [0.717, 1.165) is 19.4 Å². The molecule has 0 bridgehead atoms. The normalized spacial score (nSPS) is 23.3. The molecule has 1 heterocycles. The zero-order valence-corrected chi connectivity index (χ0v) is 13.0. The average Bonchev–Trinajstić information content (AvgIpc) is 2.74. The highest BCUT2D eigenvalue weighted by Crippen LogP contribution is 2.33. The molecule has 3 nitrogen and oxygen atoms in total. The fourth-order valence-corrected chi connectivity index (χ4v) is 3.15. The second kappa shape index (κ2) is 5.88. The van der Waals surface area contributed by atoms with Crippen LogP contribution in [0.25, 0.3) is 0 Å². The molecule has 2 atom stereocenters. The molecule has 1 aliphatic rings. The molecule has 5 heteroatoms. The summed E-state index contributed by atoms with van der Waals surface area (Å²) in [5.41, 5.74) is 0. The maximum Gasteiger partial charge on any atom is 0.223 e. The van der Waals surface area contributed by atoms with Gasteiger partial charge < -0.3 is 9.47 Å². The molecule has 1 aliphatic heterocycles. The first-order chi connectivity index (χ1) is 8.94. The minimum atomic E-state index is -0.709. The van der Waals surface area contributed by atoms with Crippen molar-refractivity contribution in [3.8, 4) is 5.75 Å². The van der Waals surface area contributed by atoms with Crippen molar-refractivity contribution in [1.82, 2.24) is 4.90 Å². The van der Waals surface area contributed by atoms with Crippen molar-refractivity contribution in [2.24, 2.45) is 0 Å². The number of likely N-dealkylation sites (tertiary alicyclic amines) is 1. The summed E-state index contributed by atoms with van der Waals surface area (Å²) in [6.07, 6.45) is 2.20. The van der Waals surface area contributed by atoms with Gasteiger partial charge in [0.25, 0.3) is 0 Å². The van der Waals surface area contributed by atoms with Gasteiger partial charge in [0, 0.05) is 24.1 Å². The van der Waals surface area contributed by atoms with E-state index in [2.05, 4.69) is 11.9 Å². The van der Waals surface area contributed by atoms with Crippen LogP contribution >= 0.6 is 23.2 Å². The minimum Gasteiger partial charge on any atom is -0.461 e. The topological polar surface area (TPSA) is 21.7 Å². The van der Waals surface area contributed by atoms with Crippen molar-refractivity contribution in [3.05, 3.63) is 28.2 Å². The van der Waals surface area contributed by atoms with Gasteiger partial charge in [0.15, 0.2) is 0 Å². The van der Waals surface area contributed by atoms with Crippen LogP contribution < -0.4 is 4.74 Å². The number of rotatable bonds is 4. The largest absolute Gasteiger partial charge is 0.461 e. The summed E-state index contributed by atoms with van der Waals surface area (Å²) in [4.78, 5) is 2.26. The summed E-state index contributed by atoms with van der Waals surface area (Å²) in [6.45, 7) is 3.01. The van der Waals surface area contributed by atoms with Gasteiger partial charge in [0.05, 0.1) is 6.04 Å². The lowest BCUT2D eigenvalue weighted by atomic mass is 10.1. The highest BCUT2D eigenvalue weighted by molar-refractivity contribution is 6.34. The van der Waals surface area contributed by atoms with Crippen LogP contribution in [0.2, 0.25) is 10.0 Å². The summed E-state index contributed by atoms with van der Waals surface area (Å²) < 4.78 is 11.7. The molecular formula is C14H19Cl2NO2. The van der Waals surface area contributed by atoms with E-state index < -0.39 is 5.79 Å². The van der Waals surface area contributed by atoms with Crippen molar-refractivity contribution >= 4 is 23.2 Å². The van der Waals surface area contributed by atoms with Gasteiger partial charge in [-0.3, -0.25) is 4.90 Å². The first-order valence-electron chi connectivity index (χ1n) is 6.35. The zero-order chi connectivity index (χ0) is 14.0. The highest BCUT2D eigenvalue weighted by Gasteiger charge is 2.41. The molecule has 0 radical (unpaired) electrons.